The van der Waals surface area contributed by atoms with Gasteiger partial charge < -0.3 is 0 Å². The Bertz CT molecular complexity index is 187. The van der Waals surface area contributed by atoms with Crippen LogP contribution in [0.3, 0.4) is 0 Å². The van der Waals surface area contributed by atoms with Crippen LogP contribution in [0.4, 0.5) is 0 Å². The molecule has 0 saturated carbocycles. The van der Waals surface area contributed by atoms with E-state index in [4.69, 9.17) is 12.8 Å². The first-order valence-corrected chi connectivity index (χ1v) is 4.18. The van der Waals surface area contributed by atoms with Gasteiger partial charge in [-0.15, -0.1) is 12.8 Å². The zero-order valence-corrected chi connectivity index (χ0v) is 7.29. The molecule has 1 rings (SSSR count). The molecule has 0 unspecified atom stereocenters. The molecule has 0 aromatic rings. The highest BCUT2D eigenvalue weighted by Crippen LogP contribution is 2.03. The van der Waals surface area contributed by atoms with E-state index in [1.54, 1.807) is 0 Å². The van der Waals surface area contributed by atoms with Crippen molar-refractivity contribution in [3.05, 3.63) is 0 Å². The van der Waals surface area contributed by atoms with E-state index in [1.165, 1.54) is 6.42 Å². The fraction of sp³-hybridized carbons (Fsp3) is 0.600. The first-order chi connectivity index (χ1) is 5.86. The zero-order valence-electron chi connectivity index (χ0n) is 7.29. The van der Waals surface area contributed by atoms with Crippen LogP contribution in [-0.2, 0) is 0 Å². The van der Waals surface area contributed by atoms with Crippen LogP contribution in [0.25, 0.3) is 0 Å². The van der Waals surface area contributed by atoms with Crippen LogP contribution < -0.4 is 0 Å². The van der Waals surface area contributed by atoms with Gasteiger partial charge >= 0.3 is 0 Å². The van der Waals surface area contributed by atoms with E-state index >= 15 is 0 Å². The summed E-state index contributed by atoms with van der Waals surface area (Å²) >= 11 is 0. The lowest BCUT2D eigenvalue weighted by atomic mass is 10.3. The Morgan fingerprint density at radius 1 is 1.00 bits per heavy atom. The van der Waals surface area contributed by atoms with Gasteiger partial charge in [0, 0.05) is 13.1 Å². The Morgan fingerprint density at radius 3 is 1.92 bits per heavy atom. The van der Waals surface area contributed by atoms with Crippen LogP contribution >= 0.6 is 0 Å². The summed E-state index contributed by atoms with van der Waals surface area (Å²) in [5, 5.41) is 0. The molecule has 2 nitrogen and oxygen atoms in total. The molecule has 1 saturated heterocycles. The third kappa shape index (κ3) is 2.58. The molecule has 1 aliphatic rings. The molecule has 0 spiro atoms. The van der Waals surface area contributed by atoms with Gasteiger partial charge in [0.05, 0.1) is 19.8 Å². The summed E-state index contributed by atoms with van der Waals surface area (Å²) in [6.45, 7) is 4.60. The Balaban J connectivity index is 2.32. The highest BCUT2D eigenvalue weighted by molar-refractivity contribution is 4.92. The van der Waals surface area contributed by atoms with Crippen LogP contribution in [0.15, 0.2) is 0 Å². The van der Waals surface area contributed by atoms with E-state index in [1.807, 2.05) is 0 Å². The minimum absolute atomic E-state index is 0.737. The standard InChI is InChI=1S/C10H14N2/c1-3-6-11-8-5-9-12(10-11)7-4-2/h1-2H,5-10H2. The molecule has 0 aromatic heterocycles. The van der Waals surface area contributed by atoms with Crippen LogP contribution in [0.1, 0.15) is 6.42 Å². The topological polar surface area (TPSA) is 6.48 Å². The average Bonchev–Trinajstić information content (AvgIpc) is 2.06. The maximum atomic E-state index is 5.23. The third-order valence-corrected chi connectivity index (χ3v) is 1.98. The summed E-state index contributed by atoms with van der Waals surface area (Å²) in [7, 11) is 0. The molecular weight excluding hydrogens is 148 g/mol. The van der Waals surface area contributed by atoms with Gasteiger partial charge in [0.1, 0.15) is 0 Å². The maximum Gasteiger partial charge on any atom is 0.0610 e. The summed E-state index contributed by atoms with van der Waals surface area (Å²) in [4.78, 5) is 4.47. The molecule has 64 valence electrons. The molecule has 12 heavy (non-hydrogen) atoms. The van der Waals surface area contributed by atoms with Crippen LogP contribution in [0.5, 0.6) is 0 Å². The monoisotopic (exact) mass is 162 g/mol. The molecule has 0 N–H and O–H groups in total. The van der Waals surface area contributed by atoms with Gasteiger partial charge in [0.2, 0.25) is 0 Å². The number of nitrogens with zero attached hydrogens (tertiary/aromatic N) is 2. The third-order valence-electron chi connectivity index (χ3n) is 1.98. The summed E-state index contributed by atoms with van der Waals surface area (Å²) in [5.74, 6) is 5.30. The van der Waals surface area contributed by atoms with E-state index < -0.39 is 0 Å². The average molecular weight is 162 g/mol. The number of hydrogen-bond acceptors (Lipinski definition) is 2. The Morgan fingerprint density at radius 2 is 1.50 bits per heavy atom. The Labute approximate surface area is 74.5 Å². The number of hydrogen-bond donors (Lipinski definition) is 0. The minimum Gasteiger partial charge on any atom is -0.279 e. The minimum atomic E-state index is 0.737. The van der Waals surface area contributed by atoms with Crippen LogP contribution in [0, 0.1) is 24.7 Å². The molecule has 0 amide bonds. The molecule has 0 aromatic carbocycles. The van der Waals surface area contributed by atoms with E-state index in [0.29, 0.717) is 0 Å². The lowest BCUT2D eigenvalue weighted by Crippen LogP contribution is -2.44. The van der Waals surface area contributed by atoms with Crippen molar-refractivity contribution in [2.24, 2.45) is 0 Å². The fourth-order valence-corrected chi connectivity index (χ4v) is 1.46. The van der Waals surface area contributed by atoms with Crippen molar-refractivity contribution in [1.82, 2.24) is 9.80 Å². The molecule has 0 aliphatic carbocycles. The van der Waals surface area contributed by atoms with Gasteiger partial charge in [-0.05, 0) is 6.42 Å². The molecule has 1 aliphatic heterocycles. The van der Waals surface area contributed by atoms with Gasteiger partial charge in [-0.25, -0.2) is 0 Å². The largest absolute Gasteiger partial charge is 0.279 e. The number of terminal acetylenes is 2. The molecule has 1 heterocycles. The molecular formula is C10H14N2. The van der Waals surface area contributed by atoms with Gasteiger partial charge in [-0.1, -0.05) is 11.8 Å². The molecule has 1 fully saturated rings. The SMILES string of the molecule is C#CCN1CCCN(CC#C)C1. The molecule has 0 bridgehead atoms. The summed E-state index contributed by atoms with van der Waals surface area (Å²) < 4.78 is 0. The quantitative estimate of drug-likeness (QED) is 0.536. The van der Waals surface area contributed by atoms with Gasteiger partial charge in [0.25, 0.3) is 0 Å². The predicted molar refractivity (Wildman–Crippen MR) is 50.3 cm³/mol. The van der Waals surface area contributed by atoms with Crippen molar-refractivity contribution in [2.75, 3.05) is 32.8 Å². The first kappa shape index (κ1) is 9.13. The Kier molecular flexibility index (Phi) is 3.67. The van der Waals surface area contributed by atoms with Crippen molar-refractivity contribution < 1.29 is 0 Å². The number of rotatable bonds is 2. The van der Waals surface area contributed by atoms with E-state index in [9.17, 15) is 0 Å². The lowest BCUT2D eigenvalue weighted by molar-refractivity contribution is 0.110. The maximum absolute atomic E-state index is 5.23. The zero-order chi connectivity index (χ0) is 8.81. The van der Waals surface area contributed by atoms with Crippen molar-refractivity contribution in [1.29, 1.82) is 0 Å². The van der Waals surface area contributed by atoms with Gasteiger partial charge in [0.15, 0.2) is 0 Å². The fourth-order valence-electron chi connectivity index (χ4n) is 1.46. The summed E-state index contributed by atoms with van der Waals surface area (Å²) in [6, 6.07) is 0. The van der Waals surface area contributed by atoms with Gasteiger partial charge in [-0.2, -0.15) is 0 Å². The van der Waals surface area contributed by atoms with Crippen LogP contribution in [-0.4, -0.2) is 42.6 Å². The second kappa shape index (κ2) is 4.83. The lowest BCUT2D eigenvalue weighted by Gasteiger charge is -2.33. The Hall–Kier alpha value is -0.960. The van der Waals surface area contributed by atoms with Crippen molar-refractivity contribution >= 4 is 0 Å². The van der Waals surface area contributed by atoms with E-state index in [2.05, 4.69) is 21.6 Å². The predicted octanol–water partition coefficient (Wildman–Crippen LogP) is 0.218. The molecule has 0 atom stereocenters. The van der Waals surface area contributed by atoms with Crippen molar-refractivity contribution in [2.45, 2.75) is 6.42 Å². The summed E-state index contributed by atoms with van der Waals surface area (Å²) in [6.07, 6.45) is 11.6. The smallest absolute Gasteiger partial charge is 0.0610 e. The van der Waals surface area contributed by atoms with E-state index in [0.717, 1.165) is 32.8 Å². The molecule has 2 heteroatoms. The first-order valence-electron chi connectivity index (χ1n) is 4.18. The second-order valence-corrected chi connectivity index (χ2v) is 3.01. The summed E-state index contributed by atoms with van der Waals surface area (Å²) in [5.41, 5.74) is 0. The van der Waals surface area contributed by atoms with Crippen molar-refractivity contribution in [3.63, 3.8) is 0 Å². The van der Waals surface area contributed by atoms with Gasteiger partial charge in [-0.3, -0.25) is 9.80 Å². The van der Waals surface area contributed by atoms with Crippen molar-refractivity contribution in [3.8, 4) is 24.7 Å². The normalized spacial score (nSPS) is 19.8. The van der Waals surface area contributed by atoms with E-state index in [-0.39, 0.29) is 0 Å². The second-order valence-electron chi connectivity index (χ2n) is 3.01. The highest BCUT2D eigenvalue weighted by Gasteiger charge is 2.14. The van der Waals surface area contributed by atoms with Crippen LogP contribution in [0.2, 0.25) is 0 Å². The molecule has 0 radical (unpaired) electrons. The highest BCUT2D eigenvalue weighted by atomic mass is 15.3.